The Morgan fingerprint density at radius 2 is 2.08 bits per heavy atom. The van der Waals surface area contributed by atoms with Crippen molar-refractivity contribution in [2.45, 2.75) is 58.0 Å². The van der Waals surface area contributed by atoms with Crippen LogP contribution in [0.5, 0.6) is 0 Å². The first-order valence-electron chi connectivity index (χ1n) is 5.64. The fraction of sp³-hybridized carbons (Fsp3) is 1.00. The average molecular weight is 185 g/mol. The molecule has 0 saturated heterocycles. The predicted octanol–water partition coefficient (Wildman–Crippen LogP) is 1.93. The van der Waals surface area contributed by atoms with E-state index in [1.165, 1.54) is 32.1 Å². The Kier molecular flexibility index (Phi) is 4.74. The Morgan fingerprint density at radius 3 is 2.69 bits per heavy atom. The van der Waals surface area contributed by atoms with Crippen LogP contribution in [0.1, 0.15) is 46.0 Å². The van der Waals surface area contributed by atoms with Crippen LogP contribution in [0.2, 0.25) is 0 Å². The number of rotatable bonds is 4. The van der Waals surface area contributed by atoms with Gasteiger partial charge in [0.15, 0.2) is 0 Å². The van der Waals surface area contributed by atoms with E-state index in [1.54, 1.807) is 0 Å². The van der Waals surface area contributed by atoms with Gasteiger partial charge in [0.05, 0.1) is 6.61 Å². The zero-order chi connectivity index (χ0) is 9.68. The van der Waals surface area contributed by atoms with Crippen LogP contribution < -0.4 is 5.32 Å². The van der Waals surface area contributed by atoms with Gasteiger partial charge in [-0.2, -0.15) is 0 Å². The quantitative estimate of drug-likeness (QED) is 0.701. The Labute approximate surface area is 81.7 Å². The molecule has 1 fully saturated rings. The van der Waals surface area contributed by atoms with Gasteiger partial charge in [-0.25, -0.2) is 0 Å². The van der Waals surface area contributed by atoms with E-state index in [2.05, 4.69) is 19.2 Å². The van der Waals surface area contributed by atoms with E-state index in [0.717, 1.165) is 5.92 Å². The summed E-state index contributed by atoms with van der Waals surface area (Å²) in [5.41, 5.74) is 0. The Balaban J connectivity index is 2.35. The molecule has 1 rings (SSSR count). The fourth-order valence-electron chi connectivity index (χ4n) is 2.33. The van der Waals surface area contributed by atoms with Crippen molar-refractivity contribution < 1.29 is 5.11 Å². The lowest BCUT2D eigenvalue weighted by Crippen LogP contribution is -2.44. The summed E-state index contributed by atoms with van der Waals surface area (Å²) in [6.45, 7) is 4.59. The molecule has 0 aromatic rings. The molecule has 0 spiro atoms. The molecule has 1 saturated carbocycles. The zero-order valence-electron chi connectivity index (χ0n) is 8.92. The maximum atomic E-state index is 8.96. The molecule has 0 aliphatic heterocycles. The summed E-state index contributed by atoms with van der Waals surface area (Å²) >= 11 is 0. The van der Waals surface area contributed by atoms with Crippen LogP contribution in [0.4, 0.5) is 0 Å². The van der Waals surface area contributed by atoms with Gasteiger partial charge >= 0.3 is 0 Å². The molecule has 0 aromatic heterocycles. The Bertz CT molecular complexity index is 138. The molecule has 0 amide bonds. The lowest BCUT2D eigenvalue weighted by molar-refractivity contribution is 0.194. The third-order valence-corrected chi connectivity index (χ3v) is 3.21. The summed E-state index contributed by atoms with van der Waals surface area (Å²) in [4.78, 5) is 0. The molecule has 0 bridgehead atoms. The number of nitrogens with one attached hydrogen (secondary N) is 1. The molecular weight excluding hydrogens is 162 g/mol. The molecule has 2 N–H and O–H groups in total. The lowest BCUT2D eigenvalue weighted by atomic mass is 9.82. The fourth-order valence-corrected chi connectivity index (χ4v) is 2.33. The van der Waals surface area contributed by atoms with E-state index in [0.29, 0.717) is 6.04 Å². The van der Waals surface area contributed by atoms with Crippen molar-refractivity contribution >= 4 is 0 Å². The van der Waals surface area contributed by atoms with Crippen LogP contribution in [0.15, 0.2) is 0 Å². The first-order valence-corrected chi connectivity index (χ1v) is 5.64. The molecule has 1 aliphatic rings. The average Bonchev–Trinajstić information content (AvgIpc) is 2.18. The van der Waals surface area contributed by atoms with E-state index < -0.39 is 0 Å². The standard InChI is InChI=1S/C11H23NO/c1-3-10-6-4-5-7-11(10)12-9(2)8-13/h9-13H,3-8H2,1-2H3/t9-,10+,11+/m0/s1. The van der Waals surface area contributed by atoms with Crippen molar-refractivity contribution in [3.8, 4) is 0 Å². The molecule has 2 nitrogen and oxygen atoms in total. The second kappa shape index (κ2) is 5.61. The van der Waals surface area contributed by atoms with Crippen LogP contribution in [0, 0.1) is 5.92 Å². The molecule has 78 valence electrons. The second-order valence-electron chi connectivity index (χ2n) is 4.31. The SMILES string of the molecule is CC[C@@H]1CCCC[C@H]1N[C@@H](C)CO. The minimum absolute atomic E-state index is 0.257. The topological polar surface area (TPSA) is 32.3 Å². The minimum atomic E-state index is 0.257. The third kappa shape index (κ3) is 3.28. The highest BCUT2D eigenvalue weighted by Crippen LogP contribution is 2.26. The molecule has 0 radical (unpaired) electrons. The van der Waals surface area contributed by atoms with E-state index in [-0.39, 0.29) is 12.6 Å². The van der Waals surface area contributed by atoms with Gasteiger partial charge in [-0.1, -0.05) is 26.2 Å². The van der Waals surface area contributed by atoms with Crippen molar-refractivity contribution in [1.29, 1.82) is 0 Å². The summed E-state index contributed by atoms with van der Waals surface area (Å²) in [5.74, 6) is 0.836. The van der Waals surface area contributed by atoms with Crippen LogP contribution in [0.25, 0.3) is 0 Å². The van der Waals surface area contributed by atoms with Crippen molar-refractivity contribution in [3.63, 3.8) is 0 Å². The minimum Gasteiger partial charge on any atom is -0.395 e. The largest absolute Gasteiger partial charge is 0.395 e. The predicted molar refractivity (Wildman–Crippen MR) is 55.7 cm³/mol. The highest BCUT2D eigenvalue weighted by molar-refractivity contribution is 4.81. The van der Waals surface area contributed by atoms with E-state index >= 15 is 0 Å². The molecule has 0 aromatic carbocycles. The first kappa shape index (κ1) is 11.0. The van der Waals surface area contributed by atoms with Crippen molar-refractivity contribution in [1.82, 2.24) is 5.32 Å². The van der Waals surface area contributed by atoms with Crippen molar-refractivity contribution in [2.75, 3.05) is 6.61 Å². The van der Waals surface area contributed by atoms with Crippen LogP contribution >= 0.6 is 0 Å². The third-order valence-electron chi connectivity index (χ3n) is 3.21. The number of aliphatic hydroxyl groups is 1. The second-order valence-corrected chi connectivity index (χ2v) is 4.31. The monoisotopic (exact) mass is 185 g/mol. The Hall–Kier alpha value is -0.0800. The lowest BCUT2D eigenvalue weighted by Gasteiger charge is -2.33. The van der Waals surface area contributed by atoms with Gasteiger partial charge in [0.2, 0.25) is 0 Å². The van der Waals surface area contributed by atoms with Gasteiger partial charge in [0.1, 0.15) is 0 Å². The molecular formula is C11H23NO. The van der Waals surface area contributed by atoms with Crippen LogP contribution in [-0.4, -0.2) is 23.8 Å². The zero-order valence-corrected chi connectivity index (χ0v) is 8.92. The highest BCUT2D eigenvalue weighted by Gasteiger charge is 2.24. The first-order chi connectivity index (χ1) is 6.27. The molecule has 2 heteroatoms. The summed E-state index contributed by atoms with van der Waals surface area (Å²) in [5, 5.41) is 12.5. The summed E-state index contributed by atoms with van der Waals surface area (Å²) in [7, 11) is 0. The smallest absolute Gasteiger partial charge is 0.0582 e. The van der Waals surface area contributed by atoms with Crippen LogP contribution in [0.3, 0.4) is 0 Å². The van der Waals surface area contributed by atoms with Gasteiger partial charge < -0.3 is 10.4 Å². The maximum Gasteiger partial charge on any atom is 0.0582 e. The van der Waals surface area contributed by atoms with Crippen molar-refractivity contribution in [3.05, 3.63) is 0 Å². The Morgan fingerprint density at radius 1 is 1.38 bits per heavy atom. The van der Waals surface area contributed by atoms with Gasteiger partial charge in [-0.15, -0.1) is 0 Å². The molecule has 3 atom stereocenters. The maximum absolute atomic E-state index is 8.96. The normalized spacial score (nSPS) is 31.6. The number of hydrogen-bond acceptors (Lipinski definition) is 2. The van der Waals surface area contributed by atoms with E-state index in [9.17, 15) is 0 Å². The van der Waals surface area contributed by atoms with E-state index in [1.807, 2.05) is 0 Å². The van der Waals surface area contributed by atoms with Gasteiger partial charge in [-0.3, -0.25) is 0 Å². The summed E-state index contributed by atoms with van der Waals surface area (Å²) in [6.07, 6.45) is 6.68. The molecule has 0 unspecified atom stereocenters. The summed E-state index contributed by atoms with van der Waals surface area (Å²) in [6, 6.07) is 0.915. The van der Waals surface area contributed by atoms with Gasteiger partial charge in [-0.05, 0) is 25.7 Å². The van der Waals surface area contributed by atoms with Crippen LogP contribution in [-0.2, 0) is 0 Å². The molecule has 1 aliphatic carbocycles. The number of aliphatic hydroxyl groups excluding tert-OH is 1. The molecule has 13 heavy (non-hydrogen) atoms. The van der Waals surface area contributed by atoms with E-state index in [4.69, 9.17) is 5.11 Å². The summed E-state index contributed by atoms with van der Waals surface area (Å²) < 4.78 is 0. The van der Waals surface area contributed by atoms with Gasteiger partial charge in [0, 0.05) is 12.1 Å². The number of hydrogen-bond donors (Lipinski definition) is 2. The van der Waals surface area contributed by atoms with Crippen molar-refractivity contribution in [2.24, 2.45) is 5.92 Å². The van der Waals surface area contributed by atoms with Gasteiger partial charge in [0.25, 0.3) is 0 Å². The molecule has 0 heterocycles. The highest BCUT2D eigenvalue weighted by atomic mass is 16.3.